The lowest BCUT2D eigenvalue weighted by Crippen LogP contribution is -2.23. The number of ether oxygens (including phenoxy) is 1. The predicted molar refractivity (Wildman–Crippen MR) is 85.4 cm³/mol. The monoisotopic (exact) mass is 319 g/mol. The van der Waals surface area contributed by atoms with E-state index in [9.17, 15) is 9.59 Å². The number of carbonyl (C=O) groups excluding carboxylic acids is 2. The minimum absolute atomic E-state index is 0.113. The maximum atomic E-state index is 12.8. The number of hydrogen-bond acceptors (Lipinski definition) is 5. The summed E-state index contributed by atoms with van der Waals surface area (Å²) in [5.74, 6) is 0.222. The second-order valence-electron chi connectivity index (χ2n) is 5.50. The van der Waals surface area contributed by atoms with Crippen molar-refractivity contribution in [2.45, 2.75) is 6.54 Å². The van der Waals surface area contributed by atoms with E-state index in [-0.39, 0.29) is 23.0 Å². The lowest BCUT2D eigenvalue weighted by atomic mass is 9.90. The van der Waals surface area contributed by atoms with Gasteiger partial charge in [0.25, 0.3) is 0 Å². The number of methoxy groups -OCH3 is 1. The fourth-order valence-corrected chi connectivity index (χ4v) is 2.88. The first-order valence-corrected chi connectivity index (χ1v) is 7.44. The molecule has 3 aromatic rings. The highest BCUT2D eigenvalue weighted by atomic mass is 16.5. The molecule has 6 nitrogen and oxygen atoms in total. The number of nitrogens with zero attached hydrogens (tertiary/aromatic N) is 3. The Bertz CT molecular complexity index is 975. The zero-order valence-electron chi connectivity index (χ0n) is 12.9. The summed E-state index contributed by atoms with van der Waals surface area (Å²) >= 11 is 0. The van der Waals surface area contributed by atoms with E-state index < -0.39 is 0 Å². The SMILES string of the molecule is COc1cccc(Cn2nnc3c2C(=O)c2ccccc2C3=O)c1. The van der Waals surface area contributed by atoms with Gasteiger partial charge in [0.15, 0.2) is 5.69 Å². The van der Waals surface area contributed by atoms with Gasteiger partial charge in [-0.3, -0.25) is 9.59 Å². The molecule has 0 aliphatic heterocycles. The van der Waals surface area contributed by atoms with Crippen LogP contribution in [0.4, 0.5) is 0 Å². The number of rotatable bonds is 3. The molecule has 1 aromatic heterocycles. The maximum absolute atomic E-state index is 12.8. The molecule has 0 N–H and O–H groups in total. The summed E-state index contributed by atoms with van der Waals surface area (Å²) in [6, 6.07) is 14.2. The van der Waals surface area contributed by atoms with Crippen LogP contribution in [0.3, 0.4) is 0 Å². The van der Waals surface area contributed by atoms with Crippen molar-refractivity contribution in [3.63, 3.8) is 0 Å². The van der Waals surface area contributed by atoms with Crippen LogP contribution >= 0.6 is 0 Å². The molecule has 0 saturated carbocycles. The highest BCUT2D eigenvalue weighted by Gasteiger charge is 2.34. The third-order valence-electron chi connectivity index (χ3n) is 4.05. The molecule has 6 heteroatoms. The molecule has 0 atom stereocenters. The number of aromatic nitrogens is 3. The quantitative estimate of drug-likeness (QED) is 0.578. The molecule has 0 saturated heterocycles. The first-order chi connectivity index (χ1) is 11.7. The number of benzene rings is 2. The molecule has 1 aliphatic rings. The van der Waals surface area contributed by atoms with Gasteiger partial charge in [-0.05, 0) is 17.7 Å². The van der Waals surface area contributed by atoms with Gasteiger partial charge in [-0.2, -0.15) is 0 Å². The van der Waals surface area contributed by atoms with Crippen LogP contribution in [0, 0.1) is 0 Å². The summed E-state index contributed by atoms with van der Waals surface area (Å²) in [5.41, 5.74) is 2.02. The largest absolute Gasteiger partial charge is 0.497 e. The maximum Gasteiger partial charge on any atom is 0.216 e. The number of ketones is 2. The van der Waals surface area contributed by atoms with Crippen molar-refractivity contribution >= 4 is 11.6 Å². The number of fused-ring (bicyclic) bond motifs is 2. The van der Waals surface area contributed by atoms with Crippen LogP contribution < -0.4 is 4.74 Å². The zero-order valence-corrected chi connectivity index (χ0v) is 12.9. The smallest absolute Gasteiger partial charge is 0.216 e. The molecule has 0 amide bonds. The Morgan fingerprint density at radius 2 is 1.75 bits per heavy atom. The van der Waals surface area contributed by atoms with Gasteiger partial charge in [-0.15, -0.1) is 5.10 Å². The standard InChI is InChI=1S/C18H13N3O3/c1-24-12-6-4-5-11(9-12)10-21-16-15(19-20-21)17(22)13-7-2-3-8-14(13)18(16)23/h2-9H,10H2,1H3. The van der Waals surface area contributed by atoms with Gasteiger partial charge in [-0.25, -0.2) is 4.68 Å². The Hall–Kier alpha value is -3.28. The normalized spacial score (nSPS) is 12.7. The topological polar surface area (TPSA) is 74.1 Å². The van der Waals surface area contributed by atoms with Crippen LogP contribution in [-0.2, 0) is 6.54 Å². The Labute approximate surface area is 137 Å². The summed E-state index contributed by atoms with van der Waals surface area (Å²) in [4.78, 5) is 25.3. The summed E-state index contributed by atoms with van der Waals surface area (Å²) < 4.78 is 6.68. The molecule has 1 aliphatic carbocycles. The molecular weight excluding hydrogens is 306 g/mol. The highest BCUT2D eigenvalue weighted by Crippen LogP contribution is 2.26. The van der Waals surface area contributed by atoms with E-state index in [1.807, 2.05) is 24.3 Å². The third kappa shape index (κ3) is 2.11. The first-order valence-electron chi connectivity index (χ1n) is 7.44. The van der Waals surface area contributed by atoms with Gasteiger partial charge in [-0.1, -0.05) is 41.6 Å². The van der Waals surface area contributed by atoms with Crippen LogP contribution in [0.1, 0.15) is 37.7 Å². The highest BCUT2D eigenvalue weighted by molar-refractivity contribution is 6.26. The second-order valence-corrected chi connectivity index (χ2v) is 5.50. The van der Waals surface area contributed by atoms with E-state index in [1.54, 1.807) is 31.4 Å². The van der Waals surface area contributed by atoms with Crippen LogP contribution in [0.25, 0.3) is 0 Å². The second kappa shape index (κ2) is 5.42. The lowest BCUT2D eigenvalue weighted by molar-refractivity contribution is 0.0971. The summed E-state index contributed by atoms with van der Waals surface area (Å²) in [6.45, 7) is 0.334. The Balaban J connectivity index is 1.77. The average molecular weight is 319 g/mol. The third-order valence-corrected chi connectivity index (χ3v) is 4.05. The molecule has 0 radical (unpaired) electrons. The van der Waals surface area contributed by atoms with Crippen molar-refractivity contribution in [2.24, 2.45) is 0 Å². The molecule has 1 heterocycles. The molecule has 0 fully saturated rings. The molecule has 4 rings (SSSR count). The van der Waals surface area contributed by atoms with E-state index in [1.165, 1.54) is 4.68 Å². The van der Waals surface area contributed by atoms with E-state index >= 15 is 0 Å². The summed E-state index contributed by atoms with van der Waals surface area (Å²) in [7, 11) is 1.59. The van der Waals surface area contributed by atoms with E-state index in [0.29, 0.717) is 23.4 Å². The number of carbonyl (C=O) groups is 2. The first kappa shape index (κ1) is 14.3. The fraction of sp³-hybridized carbons (Fsp3) is 0.111. The van der Waals surface area contributed by atoms with Crippen molar-refractivity contribution < 1.29 is 14.3 Å². The molecule has 2 aromatic carbocycles. The van der Waals surface area contributed by atoms with Crippen LogP contribution in [0.15, 0.2) is 48.5 Å². The van der Waals surface area contributed by atoms with Gasteiger partial charge < -0.3 is 4.74 Å². The minimum atomic E-state index is -0.267. The number of hydrogen-bond donors (Lipinski definition) is 0. The van der Waals surface area contributed by atoms with Crippen molar-refractivity contribution in [1.82, 2.24) is 15.0 Å². The van der Waals surface area contributed by atoms with Gasteiger partial charge in [0.05, 0.1) is 13.7 Å². The minimum Gasteiger partial charge on any atom is -0.497 e. The predicted octanol–water partition coefficient (Wildman–Crippen LogP) is 2.11. The molecule has 0 spiro atoms. The summed E-state index contributed by atoms with van der Waals surface area (Å²) in [6.07, 6.45) is 0. The lowest BCUT2D eigenvalue weighted by Gasteiger charge is -2.14. The van der Waals surface area contributed by atoms with Gasteiger partial charge >= 0.3 is 0 Å². The van der Waals surface area contributed by atoms with Crippen molar-refractivity contribution in [3.05, 3.63) is 76.6 Å². The van der Waals surface area contributed by atoms with E-state index in [4.69, 9.17) is 4.74 Å². The van der Waals surface area contributed by atoms with Crippen molar-refractivity contribution in [2.75, 3.05) is 7.11 Å². The fourth-order valence-electron chi connectivity index (χ4n) is 2.88. The van der Waals surface area contributed by atoms with Gasteiger partial charge in [0, 0.05) is 11.1 Å². The van der Waals surface area contributed by atoms with Gasteiger partial charge in [0.2, 0.25) is 11.6 Å². The molecule has 118 valence electrons. The average Bonchev–Trinajstić information content (AvgIpc) is 3.04. The molecular formula is C18H13N3O3. The van der Waals surface area contributed by atoms with E-state index in [0.717, 1.165) is 5.56 Å². The molecule has 0 bridgehead atoms. The van der Waals surface area contributed by atoms with Crippen molar-refractivity contribution in [1.29, 1.82) is 0 Å². The van der Waals surface area contributed by atoms with Crippen LogP contribution in [0.2, 0.25) is 0 Å². The Morgan fingerprint density at radius 1 is 1.00 bits per heavy atom. The Kier molecular flexibility index (Phi) is 3.23. The van der Waals surface area contributed by atoms with Gasteiger partial charge in [0.1, 0.15) is 11.4 Å². The molecule has 0 unspecified atom stereocenters. The van der Waals surface area contributed by atoms with E-state index in [2.05, 4.69) is 10.3 Å². The van der Waals surface area contributed by atoms with Crippen LogP contribution in [-0.4, -0.2) is 33.7 Å². The molecule has 24 heavy (non-hydrogen) atoms. The van der Waals surface area contributed by atoms with Crippen LogP contribution in [0.5, 0.6) is 5.75 Å². The van der Waals surface area contributed by atoms with Crippen molar-refractivity contribution in [3.8, 4) is 5.75 Å². The zero-order chi connectivity index (χ0) is 16.7. The Morgan fingerprint density at radius 3 is 2.50 bits per heavy atom. The summed E-state index contributed by atoms with van der Waals surface area (Å²) in [5, 5.41) is 7.95.